The van der Waals surface area contributed by atoms with E-state index < -0.39 is 0 Å². The summed E-state index contributed by atoms with van der Waals surface area (Å²) in [6, 6.07) is 0. The van der Waals surface area contributed by atoms with Crippen LogP contribution in [0.2, 0.25) is 0 Å². The van der Waals surface area contributed by atoms with E-state index in [1.165, 1.54) is 25.1 Å². The van der Waals surface area contributed by atoms with Crippen molar-refractivity contribution in [3.05, 3.63) is 18.2 Å². The average Bonchev–Trinajstić information content (AvgIpc) is 2.96. The van der Waals surface area contributed by atoms with Crippen molar-refractivity contribution in [1.29, 1.82) is 0 Å². The molecule has 0 aromatic carbocycles. The smallest absolute Gasteiger partial charge is 0.122 e. The molecule has 0 amide bonds. The number of fused-ring (bicyclic) bond motifs is 1. The van der Waals surface area contributed by atoms with Crippen LogP contribution in [0.25, 0.3) is 0 Å². The molecular weight excluding hydrogens is 264 g/mol. The molecule has 1 aromatic heterocycles. The Morgan fingerprint density at radius 2 is 2.38 bits per heavy atom. The van der Waals surface area contributed by atoms with Crippen LogP contribution in [0.5, 0.6) is 0 Å². The molecule has 3 heterocycles. The van der Waals surface area contributed by atoms with Gasteiger partial charge in [-0.05, 0) is 25.8 Å². The van der Waals surface area contributed by atoms with Crippen LogP contribution in [-0.4, -0.2) is 53.8 Å². The third kappa shape index (κ3) is 3.65. The van der Waals surface area contributed by atoms with E-state index in [9.17, 15) is 0 Å². The molecule has 3 rings (SSSR count). The summed E-state index contributed by atoms with van der Waals surface area (Å²) in [5, 5.41) is 3.62. The van der Waals surface area contributed by atoms with Crippen molar-refractivity contribution in [2.75, 3.05) is 39.4 Å². The van der Waals surface area contributed by atoms with Gasteiger partial charge in [-0.3, -0.25) is 4.90 Å². The lowest BCUT2D eigenvalue weighted by molar-refractivity contribution is -0.0301. The van der Waals surface area contributed by atoms with Gasteiger partial charge in [-0.2, -0.15) is 0 Å². The lowest BCUT2D eigenvalue weighted by Gasteiger charge is -2.42. The Labute approximate surface area is 127 Å². The van der Waals surface area contributed by atoms with E-state index in [1.54, 1.807) is 0 Å². The Kier molecular flexibility index (Phi) is 4.93. The number of imidazole rings is 1. The normalized spacial score (nSPS) is 26.7. The second kappa shape index (κ2) is 6.90. The third-order valence-electron chi connectivity index (χ3n) is 4.71. The minimum Gasteiger partial charge on any atom is -0.381 e. The first-order chi connectivity index (χ1) is 10.3. The number of nitrogens with one attached hydrogen (secondary N) is 1. The van der Waals surface area contributed by atoms with Gasteiger partial charge in [0.05, 0.1) is 13.2 Å². The van der Waals surface area contributed by atoms with E-state index in [2.05, 4.69) is 32.9 Å². The van der Waals surface area contributed by atoms with Crippen molar-refractivity contribution in [1.82, 2.24) is 19.8 Å². The Balaban J connectivity index is 1.61. The Bertz CT molecular complexity index is 439. The summed E-state index contributed by atoms with van der Waals surface area (Å²) in [6.45, 7) is 10.5. The lowest BCUT2D eigenvalue weighted by Crippen LogP contribution is -2.50. The number of ether oxygens (including phenoxy) is 1. The minimum absolute atomic E-state index is 0.280. The first kappa shape index (κ1) is 15.0. The van der Waals surface area contributed by atoms with E-state index in [-0.39, 0.29) is 5.41 Å². The fraction of sp³-hybridized carbons (Fsp3) is 0.812. The Morgan fingerprint density at radius 1 is 1.43 bits per heavy atom. The van der Waals surface area contributed by atoms with E-state index >= 15 is 0 Å². The van der Waals surface area contributed by atoms with Crippen LogP contribution in [0.15, 0.2) is 12.4 Å². The molecule has 0 spiro atoms. The molecular formula is C16H28N4O. The second-order valence-electron chi connectivity index (χ2n) is 6.58. The van der Waals surface area contributed by atoms with Crippen molar-refractivity contribution >= 4 is 0 Å². The van der Waals surface area contributed by atoms with Gasteiger partial charge in [-0.25, -0.2) is 4.98 Å². The molecule has 5 nitrogen and oxygen atoms in total. The fourth-order valence-electron chi connectivity index (χ4n) is 3.59. The van der Waals surface area contributed by atoms with E-state index in [4.69, 9.17) is 4.74 Å². The predicted molar refractivity (Wildman–Crippen MR) is 83.2 cm³/mol. The van der Waals surface area contributed by atoms with Crippen molar-refractivity contribution < 1.29 is 4.74 Å². The zero-order valence-corrected chi connectivity index (χ0v) is 13.2. The number of hydrogen-bond donors (Lipinski definition) is 1. The first-order valence-electron chi connectivity index (χ1n) is 8.32. The van der Waals surface area contributed by atoms with Gasteiger partial charge in [0.1, 0.15) is 5.82 Å². The van der Waals surface area contributed by atoms with Gasteiger partial charge in [0.25, 0.3) is 0 Å². The maximum atomic E-state index is 5.82. The maximum absolute atomic E-state index is 5.82. The molecule has 0 radical (unpaired) electrons. The van der Waals surface area contributed by atoms with Crippen LogP contribution in [0.4, 0.5) is 0 Å². The Hall–Kier alpha value is -0.910. The van der Waals surface area contributed by atoms with Crippen LogP contribution in [0.3, 0.4) is 0 Å². The molecule has 0 saturated carbocycles. The number of nitrogens with zero attached hydrogens (tertiary/aromatic N) is 3. The van der Waals surface area contributed by atoms with Crippen molar-refractivity contribution in [2.45, 2.75) is 39.3 Å². The summed E-state index contributed by atoms with van der Waals surface area (Å²) in [6.07, 6.45) is 7.67. The van der Waals surface area contributed by atoms with Gasteiger partial charge in [0.2, 0.25) is 0 Å². The number of rotatable bonds is 6. The van der Waals surface area contributed by atoms with Gasteiger partial charge in [-0.1, -0.05) is 6.92 Å². The van der Waals surface area contributed by atoms with E-state index in [1.807, 2.05) is 6.20 Å². The highest BCUT2D eigenvalue weighted by molar-refractivity contribution is 4.97. The molecule has 2 aliphatic rings. The molecule has 21 heavy (non-hydrogen) atoms. The molecule has 1 N–H and O–H groups in total. The van der Waals surface area contributed by atoms with E-state index in [0.717, 1.165) is 52.5 Å². The molecule has 1 fully saturated rings. The summed E-state index contributed by atoms with van der Waals surface area (Å²) < 4.78 is 8.10. The minimum atomic E-state index is 0.280. The SMILES string of the molecule is CCCNCC1(CN2CCn3ccnc3C2)CCCOC1. The van der Waals surface area contributed by atoms with Gasteiger partial charge < -0.3 is 14.6 Å². The molecule has 1 unspecified atom stereocenters. The summed E-state index contributed by atoms with van der Waals surface area (Å²) in [4.78, 5) is 7.03. The standard InChI is InChI=1S/C16H28N4O/c1-2-5-17-12-16(4-3-10-21-14-16)13-19-8-9-20-7-6-18-15(20)11-19/h6-7,17H,2-5,8-14H2,1H3. The molecule has 1 saturated heterocycles. The molecule has 5 heteroatoms. The van der Waals surface area contributed by atoms with E-state index in [0.29, 0.717) is 0 Å². The zero-order valence-electron chi connectivity index (χ0n) is 13.2. The third-order valence-corrected chi connectivity index (χ3v) is 4.71. The van der Waals surface area contributed by atoms with Crippen molar-refractivity contribution in [3.8, 4) is 0 Å². The second-order valence-corrected chi connectivity index (χ2v) is 6.58. The van der Waals surface area contributed by atoms with Gasteiger partial charge in [0.15, 0.2) is 0 Å². The highest BCUT2D eigenvalue weighted by Gasteiger charge is 2.35. The first-order valence-corrected chi connectivity index (χ1v) is 8.32. The van der Waals surface area contributed by atoms with Gasteiger partial charge in [0, 0.05) is 50.6 Å². The lowest BCUT2D eigenvalue weighted by atomic mass is 9.81. The number of aromatic nitrogens is 2. The van der Waals surface area contributed by atoms with Gasteiger partial charge >= 0.3 is 0 Å². The monoisotopic (exact) mass is 292 g/mol. The summed E-state index contributed by atoms with van der Waals surface area (Å²) in [5.74, 6) is 1.20. The van der Waals surface area contributed by atoms with Crippen LogP contribution in [0.1, 0.15) is 32.0 Å². The van der Waals surface area contributed by atoms with Gasteiger partial charge in [-0.15, -0.1) is 0 Å². The fourth-order valence-corrected chi connectivity index (χ4v) is 3.59. The Morgan fingerprint density at radius 3 is 3.19 bits per heavy atom. The highest BCUT2D eigenvalue weighted by Crippen LogP contribution is 2.30. The molecule has 0 aliphatic carbocycles. The molecule has 1 aromatic rings. The van der Waals surface area contributed by atoms with Crippen molar-refractivity contribution in [2.24, 2.45) is 5.41 Å². The molecule has 0 bridgehead atoms. The summed E-state index contributed by atoms with van der Waals surface area (Å²) >= 11 is 0. The predicted octanol–water partition coefficient (Wildman–Crippen LogP) is 1.50. The van der Waals surface area contributed by atoms with Crippen LogP contribution in [0, 0.1) is 5.41 Å². The molecule has 118 valence electrons. The maximum Gasteiger partial charge on any atom is 0.122 e. The summed E-state index contributed by atoms with van der Waals surface area (Å²) in [7, 11) is 0. The topological polar surface area (TPSA) is 42.3 Å². The number of hydrogen-bond acceptors (Lipinski definition) is 4. The highest BCUT2D eigenvalue weighted by atomic mass is 16.5. The molecule has 2 aliphatic heterocycles. The van der Waals surface area contributed by atoms with Crippen LogP contribution >= 0.6 is 0 Å². The van der Waals surface area contributed by atoms with Crippen LogP contribution in [-0.2, 0) is 17.8 Å². The van der Waals surface area contributed by atoms with Crippen LogP contribution < -0.4 is 5.32 Å². The molecule has 1 atom stereocenters. The zero-order chi connectivity index (χ0) is 14.5. The average molecular weight is 292 g/mol. The van der Waals surface area contributed by atoms with Crippen molar-refractivity contribution in [3.63, 3.8) is 0 Å². The quantitative estimate of drug-likeness (QED) is 0.807. The largest absolute Gasteiger partial charge is 0.381 e. The summed E-state index contributed by atoms with van der Waals surface area (Å²) in [5.41, 5.74) is 0.280.